The van der Waals surface area contributed by atoms with Gasteiger partial charge in [-0.15, -0.1) is 5.10 Å². The number of aromatic nitrogens is 4. The fraction of sp³-hybridized carbons (Fsp3) is 0.261. The fourth-order valence-electron chi connectivity index (χ4n) is 3.87. The van der Waals surface area contributed by atoms with Gasteiger partial charge in [0.25, 0.3) is 5.56 Å². The summed E-state index contributed by atoms with van der Waals surface area (Å²) in [6.07, 6.45) is 1.59. The third-order valence-corrected chi connectivity index (χ3v) is 5.78. The van der Waals surface area contributed by atoms with E-state index < -0.39 is 11.4 Å². The van der Waals surface area contributed by atoms with E-state index in [9.17, 15) is 19.1 Å². The Morgan fingerprint density at radius 3 is 2.50 bits per heavy atom. The van der Waals surface area contributed by atoms with E-state index in [0.29, 0.717) is 23.0 Å². The summed E-state index contributed by atoms with van der Waals surface area (Å²) in [5.41, 5.74) is 0.440. The second-order valence-electron chi connectivity index (χ2n) is 7.73. The molecule has 1 N–H and O–H groups in total. The zero-order valence-electron chi connectivity index (χ0n) is 17.8. The van der Waals surface area contributed by atoms with E-state index in [2.05, 4.69) is 5.10 Å². The normalized spacial score (nSPS) is 11.6. The van der Waals surface area contributed by atoms with Gasteiger partial charge < -0.3 is 5.11 Å². The van der Waals surface area contributed by atoms with Crippen LogP contribution in [0, 0.1) is 5.82 Å². The van der Waals surface area contributed by atoms with Gasteiger partial charge in [-0.25, -0.2) is 9.18 Å². The number of hydrogen-bond donors (Lipinski definition) is 1. The standard InChI is InChI=1S/C23H22ClFN4O3/c1-4-27-20(12-30)26-29(23(27)32)14-8-9-15-16(10-14)17(13(2)3)11-28(22(15)31)21-18(24)6-5-7-19(21)25/h5-11,13,30H,4,12H2,1-3H3. The molecule has 9 heteroatoms. The number of aliphatic hydroxyl groups is 1. The van der Waals surface area contributed by atoms with Gasteiger partial charge in [-0.05, 0) is 54.1 Å². The van der Waals surface area contributed by atoms with Crippen LogP contribution in [0.3, 0.4) is 0 Å². The number of hydrogen-bond acceptors (Lipinski definition) is 4. The van der Waals surface area contributed by atoms with E-state index >= 15 is 0 Å². The molecule has 0 atom stereocenters. The average Bonchev–Trinajstić information content (AvgIpc) is 3.09. The van der Waals surface area contributed by atoms with Crippen LogP contribution >= 0.6 is 11.6 Å². The van der Waals surface area contributed by atoms with Crippen LogP contribution in [0.5, 0.6) is 0 Å². The van der Waals surface area contributed by atoms with Gasteiger partial charge >= 0.3 is 5.69 Å². The number of para-hydroxylation sites is 1. The Morgan fingerprint density at radius 2 is 1.91 bits per heavy atom. The molecule has 2 aromatic carbocycles. The SMILES string of the molecule is CCn1c(CO)nn(-c2ccc3c(=O)n(-c4c(F)cccc4Cl)cc(C(C)C)c3c2)c1=O. The maximum absolute atomic E-state index is 14.6. The van der Waals surface area contributed by atoms with Crippen LogP contribution < -0.4 is 11.2 Å². The Labute approximate surface area is 187 Å². The first-order chi connectivity index (χ1) is 15.3. The first kappa shape index (κ1) is 22.0. The third kappa shape index (κ3) is 3.45. The molecule has 0 aliphatic rings. The fourth-order valence-corrected chi connectivity index (χ4v) is 4.13. The lowest BCUT2D eigenvalue weighted by molar-refractivity contribution is 0.264. The zero-order valence-corrected chi connectivity index (χ0v) is 18.6. The predicted octanol–water partition coefficient (Wildman–Crippen LogP) is 3.77. The summed E-state index contributed by atoms with van der Waals surface area (Å²) in [4.78, 5) is 26.0. The monoisotopic (exact) mass is 456 g/mol. The molecule has 4 rings (SSSR count). The molecule has 0 unspecified atom stereocenters. The summed E-state index contributed by atoms with van der Waals surface area (Å²) in [5, 5.41) is 14.9. The minimum absolute atomic E-state index is 0.00228. The van der Waals surface area contributed by atoms with Gasteiger partial charge in [-0.2, -0.15) is 4.68 Å². The molecule has 0 radical (unpaired) electrons. The molecule has 0 aliphatic carbocycles. The van der Waals surface area contributed by atoms with Crippen LogP contribution in [0.2, 0.25) is 5.02 Å². The summed E-state index contributed by atoms with van der Waals surface area (Å²) in [5.74, 6) is -0.354. The van der Waals surface area contributed by atoms with E-state index in [0.717, 1.165) is 5.56 Å². The lowest BCUT2D eigenvalue weighted by Gasteiger charge is -2.16. The van der Waals surface area contributed by atoms with Crippen molar-refractivity contribution in [2.75, 3.05) is 0 Å². The van der Waals surface area contributed by atoms with Gasteiger partial charge in [0.1, 0.15) is 18.1 Å². The molecule has 2 aromatic heterocycles. The van der Waals surface area contributed by atoms with E-state index in [1.165, 1.54) is 32.0 Å². The molecule has 166 valence electrons. The highest BCUT2D eigenvalue weighted by Crippen LogP contribution is 2.29. The quantitative estimate of drug-likeness (QED) is 0.495. The molecule has 0 bridgehead atoms. The summed E-state index contributed by atoms with van der Waals surface area (Å²) in [6.45, 7) is 5.71. The highest BCUT2D eigenvalue weighted by atomic mass is 35.5. The average molecular weight is 457 g/mol. The van der Waals surface area contributed by atoms with Crippen molar-refractivity contribution < 1.29 is 9.50 Å². The molecule has 0 saturated carbocycles. The Hall–Kier alpha value is -3.23. The Morgan fingerprint density at radius 1 is 1.16 bits per heavy atom. The van der Waals surface area contributed by atoms with Crippen LogP contribution in [-0.2, 0) is 13.2 Å². The second-order valence-corrected chi connectivity index (χ2v) is 8.13. The summed E-state index contributed by atoms with van der Waals surface area (Å²) in [6, 6.07) is 9.19. The highest BCUT2D eigenvalue weighted by Gasteiger charge is 2.19. The van der Waals surface area contributed by atoms with Gasteiger partial charge in [0.05, 0.1) is 10.7 Å². The van der Waals surface area contributed by atoms with Crippen LogP contribution in [0.15, 0.2) is 52.2 Å². The molecule has 0 fully saturated rings. The molecule has 2 heterocycles. The number of pyridine rings is 1. The first-order valence-corrected chi connectivity index (χ1v) is 10.6. The number of rotatable bonds is 5. The van der Waals surface area contributed by atoms with Crippen molar-refractivity contribution in [1.82, 2.24) is 18.9 Å². The van der Waals surface area contributed by atoms with Crippen LogP contribution in [0.1, 0.15) is 38.1 Å². The number of aliphatic hydroxyl groups excluding tert-OH is 1. The maximum Gasteiger partial charge on any atom is 0.350 e. The maximum atomic E-state index is 14.6. The van der Waals surface area contributed by atoms with Crippen molar-refractivity contribution >= 4 is 22.4 Å². The zero-order chi connectivity index (χ0) is 23.2. The summed E-state index contributed by atoms with van der Waals surface area (Å²) >= 11 is 6.22. The summed E-state index contributed by atoms with van der Waals surface area (Å²) < 4.78 is 18.4. The smallest absolute Gasteiger partial charge is 0.350 e. The largest absolute Gasteiger partial charge is 0.388 e. The highest BCUT2D eigenvalue weighted by molar-refractivity contribution is 6.32. The van der Waals surface area contributed by atoms with Gasteiger partial charge in [0.2, 0.25) is 0 Å². The van der Waals surface area contributed by atoms with Crippen molar-refractivity contribution in [2.24, 2.45) is 0 Å². The topological polar surface area (TPSA) is 82.0 Å². The molecular weight excluding hydrogens is 435 g/mol. The number of fused-ring (bicyclic) bond motifs is 1. The van der Waals surface area contributed by atoms with Crippen molar-refractivity contribution in [3.8, 4) is 11.4 Å². The molecule has 0 amide bonds. The van der Waals surface area contributed by atoms with E-state index in [-0.39, 0.29) is 34.7 Å². The third-order valence-electron chi connectivity index (χ3n) is 5.47. The second kappa shape index (κ2) is 8.37. The van der Waals surface area contributed by atoms with Crippen molar-refractivity contribution in [3.05, 3.63) is 85.7 Å². The molecule has 4 aromatic rings. The number of benzene rings is 2. The van der Waals surface area contributed by atoms with Gasteiger partial charge in [0, 0.05) is 18.1 Å². The van der Waals surface area contributed by atoms with Gasteiger partial charge in [-0.3, -0.25) is 13.9 Å². The van der Waals surface area contributed by atoms with E-state index in [1.807, 2.05) is 13.8 Å². The van der Waals surface area contributed by atoms with Crippen molar-refractivity contribution in [3.63, 3.8) is 0 Å². The van der Waals surface area contributed by atoms with E-state index in [1.54, 1.807) is 31.3 Å². The van der Waals surface area contributed by atoms with Crippen LogP contribution in [-0.4, -0.2) is 24.0 Å². The molecule has 0 aliphatic heterocycles. The van der Waals surface area contributed by atoms with Gasteiger partial charge in [0.15, 0.2) is 5.82 Å². The molecular formula is C23H22ClFN4O3. The molecule has 7 nitrogen and oxygen atoms in total. The molecule has 0 saturated heterocycles. The van der Waals surface area contributed by atoms with Crippen LogP contribution in [0.25, 0.3) is 22.1 Å². The van der Waals surface area contributed by atoms with Crippen LogP contribution in [0.4, 0.5) is 4.39 Å². The molecule has 32 heavy (non-hydrogen) atoms. The van der Waals surface area contributed by atoms with E-state index in [4.69, 9.17) is 11.6 Å². The predicted molar refractivity (Wildman–Crippen MR) is 122 cm³/mol. The Kier molecular flexibility index (Phi) is 5.75. The minimum atomic E-state index is -0.599. The van der Waals surface area contributed by atoms with Crippen molar-refractivity contribution in [1.29, 1.82) is 0 Å². The Bertz CT molecular complexity index is 1430. The Balaban J connectivity index is 2.02. The van der Waals surface area contributed by atoms with Gasteiger partial charge in [-0.1, -0.05) is 31.5 Å². The molecule has 0 spiro atoms. The number of halogens is 2. The lowest BCUT2D eigenvalue weighted by Crippen LogP contribution is -2.24. The lowest BCUT2D eigenvalue weighted by atomic mass is 9.97. The number of nitrogens with zero attached hydrogens (tertiary/aromatic N) is 4. The minimum Gasteiger partial charge on any atom is -0.388 e. The first-order valence-electron chi connectivity index (χ1n) is 10.2. The summed E-state index contributed by atoms with van der Waals surface area (Å²) in [7, 11) is 0. The van der Waals surface area contributed by atoms with Crippen molar-refractivity contribution in [2.45, 2.75) is 39.8 Å².